The van der Waals surface area contributed by atoms with Crippen molar-refractivity contribution in [2.24, 2.45) is 5.84 Å². The molecule has 0 aromatic rings. The van der Waals surface area contributed by atoms with Gasteiger partial charge in [0, 0.05) is 11.6 Å². The zero-order valence-corrected chi connectivity index (χ0v) is 7.09. The minimum absolute atomic E-state index is 0.222. The third kappa shape index (κ3) is 3.72. The highest BCUT2D eigenvalue weighted by Crippen LogP contribution is 1.95. The number of nitrogens with one attached hydrogen (secondary N) is 1. The molecule has 0 aromatic carbocycles. The highest BCUT2D eigenvalue weighted by atomic mass is 16.5. The fraction of sp³-hybridized carbons (Fsp3) is 0.429. The molecule has 0 saturated carbocycles. The lowest BCUT2D eigenvalue weighted by Gasteiger charge is -2.00. The topological polar surface area (TPSA) is 81.4 Å². The van der Waals surface area contributed by atoms with Gasteiger partial charge in [-0.3, -0.25) is 10.2 Å². The molecule has 0 fully saturated rings. The fourth-order valence-electron chi connectivity index (χ4n) is 0.542. The lowest BCUT2D eigenvalue weighted by molar-refractivity contribution is -0.138. The van der Waals surface area contributed by atoms with Crippen LogP contribution in [0, 0.1) is 0 Å². The number of ether oxygens (including phenoxy) is 1. The van der Waals surface area contributed by atoms with Crippen LogP contribution in [-0.2, 0) is 14.3 Å². The van der Waals surface area contributed by atoms with Crippen LogP contribution in [-0.4, -0.2) is 18.5 Å². The van der Waals surface area contributed by atoms with Crippen LogP contribution in [0.15, 0.2) is 11.6 Å². The summed E-state index contributed by atoms with van der Waals surface area (Å²) in [7, 11) is 0. The van der Waals surface area contributed by atoms with Crippen LogP contribution in [0.3, 0.4) is 0 Å². The molecule has 0 aliphatic rings. The van der Waals surface area contributed by atoms with E-state index in [2.05, 4.69) is 4.74 Å². The molecule has 5 nitrogen and oxygen atoms in total. The summed E-state index contributed by atoms with van der Waals surface area (Å²) in [5, 5.41) is 0. The Morgan fingerprint density at radius 1 is 1.58 bits per heavy atom. The SMILES string of the molecule is CCOC(=O)/C(C)=C/C(=O)NN. The first-order valence-electron chi connectivity index (χ1n) is 3.47. The Hall–Kier alpha value is -1.36. The lowest BCUT2D eigenvalue weighted by Crippen LogP contribution is -2.28. The minimum Gasteiger partial charge on any atom is -0.463 e. The molecular weight excluding hydrogens is 160 g/mol. The Bertz CT molecular complexity index is 211. The van der Waals surface area contributed by atoms with Crippen LogP contribution >= 0.6 is 0 Å². The molecule has 12 heavy (non-hydrogen) atoms. The molecule has 0 heterocycles. The Morgan fingerprint density at radius 2 is 2.17 bits per heavy atom. The maximum absolute atomic E-state index is 10.9. The molecule has 1 amide bonds. The molecule has 0 bridgehead atoms. The summed E-state index contributed by atoms with van der Waals surface area (Å²) in [5.41, 5.74) is 2.09. The van der Waals surface area contributed by atoms with E-state index in [-0.39, 0.29) is 12.2 Å². The van der Waals surface area contributed by atoms with Crippen molar-refractivity contribution in [2.45, 2.75) is 13.8 Å². The van der Waals surface area contributed by atoms with E-state index >= 15 is 0 Å². The van der Waals surface area contributed by atoms with Crippen molar-refractivity contribution in [1.29, 1.82) is 0 Å². The Morgan fingerprint density at radius 3 is 2.58 bits per heavy atom. The van der Waals surface area contributed by atoms with E-state index in [1.54, 1.807) is 6.92 Å². The van der Waals surface area contributed by atoms with Gasteiger partial charge in [0.25, 0.3) is 5.91 Å². The first-order valence-corrected chi connectivity index (χ1v) is 3.47. The molecule has 0 aromatic heterocycles. The minimum atomic E-state index is -0.527. The van der Waals surface area contributed by atoms with Crippen LogP contribution < -0.4 is 11.3 Å². The summed E-state index contributed by atoms with van der Waals surface area (Å²) in [6, 6.07) is 0. The van der Waals surface area contributed by atoms with Gasteiger partial charge >= 0.3 is 5.97 Å². The summed E-state index contributed by atoms with van der Waals surface area (Å²) < 4.78 is 4.62. The number of hydrazine groups is 1. The van der Waals surface area contributed by atoms with Gasteiger partial charge in [-0.15, -0.1) is 0 Å². The molecule has 0 unspecified atom stereocenters. The summed E-state index contributed by atoms with van der Waals surface area (Å²) in [6.07, 6.45) is 1.08. The van der Waals surface area contributed by atoms with E-state index in [1.807, 2.05) is 5.43 Å². The molecule has 0 atom stereocenters. The van der Waals surface area contributed by atoms with E-state index in [4.69, 9.17) is 5.84 Å². The highest BCUT2D eigenvalue weighted by molar-refractivity contribution is 5.97. The van der Waals surface area contributed by atoms with E-state index in [0.29, 0.717) is 0 Å². The van der Waals surface area contributed by atoms with Crippen molar-refractivity contribution in [3.05, 3.63) is 11.6 Å². The molecule has 0 spiro atoms. The number of nitrogens with two attached hydrogens (primary N) is 1. The molecule has 0 rings (SSSR count). The summed E-state index contributed by atoms with van der Waals surface area (Å²) in [6.45, 7) is 3.45. The molecule has 0 saturated heterocycles. The number of carbonyl (C=O) groups is 2. The number of carbonyl (C=O) groups excluding carboxylic acids is 2. The van der Waals surface area contributed by atoms with Crippen molar-refractivity contribution in [1.82, 2.24) is 5.43 Å². The normalized spacial score (nSPS) is 10.8. The van der Waals surface area contributed by atoms with Gasteiger partial charge in [-0.1, -0.05) is 0 Å². The Balaban J connectivity index is 4.17. The Labute approximate surface area is 70.5 Å². The third-order valence-electron chi connectivity index (χ3n) is 1.09. The van der Waals surface area contributed by atoms with Crippen LogP contribution in [0.4, 0.5) is 0 Å². The van der Waals surface area contributed by atoms with E-state index < -0.39 is 11.9 Å². The summed E-state index contributed by atoms with van der Waals surface area (Å²) >= 11 is 0. The number of hydrogen-bond donors (Lipinski definition) is 2. The predicted octanol–water partition coefficient (Wildman–Crippen LogP) is -0.514. The van der Waals surface area contributed by atoms with E-state index in [1.165, 1.54) is 6.92 Å². The van der Waals surface area contributed by atoms with Gasteiger partial charge in [0.2, 0.25) is 0 Å². The van der Waals surface area contributed by atoms with E-state index in [0.717, 1.165) is 6.08 Å². The fourth-order valence-corrected chi connectivity index (χ4v) is 0.542. The first kappa shape index (κ1) is 10.6. The monoisotopic (exact) mass is 172 g/mol. The molecular formula is C7H12N2O3. The van der Waals surface area contributed by atoms with Crippen LogP contribution in [0.1, 0.15) is 13.8 Å². The summed E-state index contributed by atoms with van der Waals surface area (Å²) in [4.78, 5) is 21.5. The molecule has 68 valence electrons. The number of rotatable bonds is 3. The molecule has 5 heteroatoms. The van der Waals surface area contributed by atoms with Gasteiger partial charge in [-0.2, -0.15) is 0 Å². The van der Waals surface area contributed by atoms with Gasteiger partial charge in [0.05, 0.1) is 6.61 Å². The number of hydrogen-bond acceptors (Lipinski definition) is 4. The average Bonchev–Trinajstić information content (AvgIpc) is 2.04. The Kier molecular flexibility index (Phi) is 4.71. The van der Waals surface area contributed by atoms with Crippen molar-refractivity contribution >= 4 is 11.9 Å². The molecule has 0 radical (unpaired) electrons. The van der Waals surface area contributed by atoms with Gasteiger partial charge in [0.1, 0.15) is 0 Å². The number of amides is 1. The maximum Gasteiger partial charge on any atom is 0.333 e. The average molecular weight is 172 g/mol. The zero-order valence-electron chi connectivity index (χ0n) is 7.09. The second-order valence-corrected chi connectivity index (χ2v) is 2.06. The van der Waals surface area contributed by atoms with E-state index in [9.17, 15) is 9.59 Å². The molecule has 0 aliphatic carbocycles. The largest absolute Gasteiger partial charge is 0.463 e. The van der Waals surface area contributed by atoms with Gasteiger partial charge in [0.15, 0.2) is 0 Å². The van der Waals surface area contributed by atoms with Gasteiger partial charge < -0.3 is 4.74 Å². The van der Waals surface area contributed by atoms with Crippen molar-refractivity contribution in [3.63, 3.8) is 0 Å². The van der Waals surface area contributed by atoms with Gasteiger partial charge in [-0.25, -0.2) is 10.6 Å². The van der Waals surface area contributed by atoms with Crippen LogP contribution in [0.5, 0.6) is 0 Å². The quantitative estimate of drug-likeness (QED) is 0.197. The third-order valence-corrected chi connectivity index (χ3v) is 1.09. The lowest BCUT2D eigenvalue weighted by atomic mass is 10.3. The predicted molar refractivity (Wildman–Crippen MR) is 42.7 cm³/mol. The van der Waals surface area contributed by atoms with Crippen LogP contribution in [0.2, 0.25) is 0 Å². The second-order valence-electron chi connectivity index (χ2n) is 2.06. The van der Waals surface area contributed by atoms with Crippen LogP contribution in [0.25, 0.3) is 0 Å². The smallest absolute Gasteiger partial charge is 0.333 e. The van der Waals surface area contributed by atoms with Crippen molar-refractivity contribution in [2.75, 3.05) is 6.61 Å². The summed E-state index contributed by atoms with van der Waals surface area (Å²) in [5.74, 6) is 3.76. The second kappa shape index (κ2) is 5.31. The highest BCUT2D eigenvalue weighted by Gasteiger charge is 2.05. The number of esters is 1. The molecule has 0 aliphatic heterocycles. The standard InChI is InChI=1S/C7H12N2O3/c1-3-12-7(11)5(2)4-6(10)9-8/h4H,3,8H2,1-2H3,(H,9,10)/b5-4+. The van der Waals surface area contributed by atoms with Crippen molar-refractivity contribution in [3.8, 4) is 0 Å². The van der Waals surface area contributed by atoms with Crippen molar-refractivity contribution < 1.29 is 14.3 Å². The zero-order chi connectivity index (χ0) is 9.56. The van der Waals surface area contributed by atoms with Gasteiger partial charge in [-0.05, 0) is 13.8 Å². The first-order chi connectivity index (χ1) is 5.61. The molecule has 3 N–H and O–H groups in total. The maximum atomic E-state index is 10.9.